The molecule has 7 amide bonds. The van der Waals surface area contributed by atoms with E-state index < -0.39 is 172 Å². The van der Waals surface area contributed by atoms with Gasteiger partial charge in [-0.2, -0.15) is 0 Å². The van der Waals surface area contributed by atoms with E-state index >= 15 is 0 Å². The Morgan fingerprint density at radius 3 is 1.11 bits per heavy atom. The van der Waals surface area contributed by atoms with Crippen LogP contribution in [-0.4, -0.2) is 373 Å². The van der Waals surface area contributed by atoms with Gasteiger partial charge in [0.05, 0.1) is 151 Å². The SMILES string of the molecule is CC(=O)NC1C(OCCOCCOCCNC(=O)CN(CCN(CC(=O)NCCOCCOCCOC2OC(CO)C(O)C(O)C2NC(C)=O)C(=O)CCCCCOP([O-])(=S)OC(C)(C)C)CC(=O)NCCOCCOCCOC2OC(CO)C(O)C(O)C2NC(C)=O)OC(CO)C(O)C1O. The van der Waals surface area contributed by atoms with Gasteiger partial charge in [0, 0.05) is 59.9 Å². The number of nitrogens with zero attached hydrogens (tertiary/aromatic N) is 2. The first-order valence-electron chi connectivity index (χ1n) is 33.5. The monoisotopic (exact) mass is 1500 g/mol. The molecule has 16 atom stereocenters. The fourth-order valence-electron chi connectivity index (χ4n) is 10.0. The van der Waals surface area contributed by atoms with Crippen LogP contribution in [0.25, 0.3) is 0 Å². The lowest BCUT2D eigenvalue weighted by molar-refractivity contribution is -0.272. The maximum absolute atomic E-state index is 13.9. The van der Waals surface area contributed by atoms with Gasteiger partial charge in [-0.25, -0.2) is 0 Å². The molecule has 3 rings (SSSR count). The summed E-state index contributed by atoms with van der Waals surface area (Å²) in [6, 6.07) is -3.37. The topological polar surface area (TPSA) is 533 Å². The molecule has 0 aromatic rings. The molecule has 0 bridgehead atoms. The summed E-state index contributed by atoms with van der Waals surface area (Å²) in [6.07, 6.45) is -14.8. The highest BCUT2D eigenvalue weighted by molar-refractivity contribution is 8.06. The van der Waals surface area contributed by atoms with Gasteiger partial charge in [0.15, 0.2) is 18.9 Å². The molecule has 3 fully saturated rings. The first-order valence-corrected chi connectivity index (χ1v) is 36.0. The van der Waals surface area contributed by atoms with E-state index in [0.717, 1.165) is 0 Å². The van der Waals surface area contributed by atoms with Gasteiger partial charge >= 0.3 is 0 Å². The number of carbonyl (C=O) groups is 7. The van der Waals surface area contributed by atoms with E-state index in [2.05, 4.69) is 31.9 Å². The first-order chi connectivity index (χ1) is 48.0. The zero-order valence-corrected chi connectivity index (χ0v) is 60.0. The predicted molar refractivity (Wildman–Crippen MR) is 350 cm³/mol. The van der Waals surface area contributed by atoms with Gasteiger partial charge in [-0.15, -0.1) is 0 Å². The van der Waals surface area contributed by atoms with Crippen LogP contribution in [0.1, 0.15) is 67.2 Å². The fourth-order valence-corrected chi connectivity index (χ4v) is 12.0. The van der Waals surface area contributed by atoms with Crippen molar-refractivity contribution in [1.29, 1.82) is 0 Å². The van der Waals surface area contributed by atoms with Gasteiger partial charge in [0.2, 0.25) is 41.4 Å². The van der Waals surface area contributed by atoms with Crippen molar-refractivity contribution < 1.29 is 150 Å². The fraction of sp³-hybridized carbons (Fsp3) is 0.883. The highest BCUT2D eigenvalue weighted by Gasteiger charge is 2.48. The number of ether oxygens (including phenoxy) is 12. The highest BCUT2D eigenvalue weighted by Crippen LogP contribution is 2.43. The van der Waals surface area contributed by atoms with Crippen LogP contribution in [0.5, 0.6) is 0 Å². The van der Waals surface area contributed by atoms with Crippen LogP contribution in [-0.2, 0) is 111 Å². The van der Waals surface area contributed by atoms with Gasteiger partial charge < -0.3 is 154 Å². The molecule has 3 heterocycles. The standard InChI is InChI=1S/C60H111N8O31PS/c1-38(72)64-48-54(82)51(79)41(35-69)96-57(48)92-29-26-89-23-20-86-17-11-61-44(75)32-67(33-45(76)62-12-18-87-21-24-90-27-30-93-58-49(65-39(2)73)55(83)52(80)42(36-70)97-58)14-15-68(47(78)10-8-7-9-16-95-100(85,101)99-60(4,5)6)34-46(77)63-13-19-88-22-25-91-28-31-94-59-50(66-40(3)74)56(84)53(81)43(37-71)98-59/h41-43,48-59,69-71,79-84H,7-37H2,1-6H3,(H,61,75)(H,62,76)(H,63,77)(H,64,72)(H,65,73)(H,66,74)(H,85,101)/p-1. The lowest BCUT2D eigenvalue weighted by atomic mass is 9.97. The van der Waals surface area contributed by atoms with E-state index in [1.54, 1.807) is 20.8 Å². The molecule has 0 radical (unpaired) electrons. The van der Waals surface area contributed by atoms with Gasteiger partial charge in [-0.1, -0.05) is 18.2 Å². The smallest absolute Gasteiger partial charge is 0.239 e. The zero-order chi connectivity index (χ0) is 74.9. The summed E-state index contributed by atoms with van der Waals surface area (Å²) < 4.78 is 77.7. The average Bonchev–Trinajstić information content (AvgIpc) is 0.822. The second-order valence-corrected chi connectivity index (χ2v) is 27.1. The minimum atomic E-state index is -3.78. The van der Waals surface area contributed by atoms with Crippen molar-refractivity contribution in [1.82, 2.24) is 41.7 Å². The second kappa shape index (κ2) is 50.4. The number of aliphatic hydroxyl groups is 9. The summed E-state index contributed by atoms with van der Waals surface area (Å²) in [5.74, 6) is -3.55. The number of unbranched alkanes of at least 4 members (excludes halogenated alkanes) is 2. The Morgan fingerprint density at radius 2 is 0.782 bits per heavy atom. The van der Waals surface area contributed by atoms with Crippen molar-refractivity contribution >= 4 is 59.9 Å². The van der Waals surface area contributed by atoms with Crippen LogP contribution < -0.4 is 36.8 Å². The summed E-state index contributed by atoms with van der Waals surface area (Å²) in [5.41, 5.74) is -0.809. The molecule has 3 saturated heterocycles. The van der Waals surface area contributed by atoms with Crippen LogP contribution in [0.4, 0.5) is 0 Å². The first kappa shape index (κ1) is 91.2. The Labute approximate surface area is 592 Å². The Kier molecular flexibility index (Phi) is 45.5. The Bertz CT molecular complexity index is 2360. The molecule has 0 aromatic carbocycles. The Balaban J connectivity index is 1.57. The number of rotatable bonds is 53. The summed E-state index contributed by atoms with van der Waals surface area (Å²) in [5, 5.41) is 106. The quantitative estimate of drug-likeness (QED) is 0.0199. The normalized spacial score (nSPS) is 26.0. The molecule has 0 spiro atoms. The largest absolute Gasteiger partial charge is 0.780 e. The molecule has 0 aliphatic carbocycles. The highest BCUT2D eigenvalue weighted by atomic mass is 32.5. The van der Waals surface area contributed by atoms with Crippen LogP contribution >= 0.6 is 6.72 Å². The molecule has 588 valence electrons. The van der Waals surface area contributed by atoms with Crippen molar-refractivity contribution in [3.05, 3.63) is 0 Å². The number of hydrogen-bond donors (Lipinski definition) is 15. The van der Waals surface area contributed by atoms with Gasteiger partial charge in [-0.05, 0) is 33.6 Å². The van der Waals surface area contributed by atoms with Crippen LogP contribution in [0.15, 0.2) is 0 Å². The summed E-state index contributed by atoms with van der Waals surface area (Å²) in [6.45, 7) is 2.48. The molecule has 0 saturated carbocycles. The van der Waals surface area contributed by atoms with E-state index in [0.29, 0.717) is 19.3 Å². The van der Waals surface area contributed by atoms with Crippen LogP contribution in [0.3, 0.4) is 0 Å². The maximum Gasteiger partial charge on any atom is 0.239 e. The zero-order valence-electron chi connectivity index (χ0n) is 58.3. The third-order valence-electron chi connectivity index (χ3n) is 14.9. The van der Waals surface area contributed by atoms with E-state index in [4.69, 9.17) is 77.7 Å². The van der Waals surface area contributed by atoms with Gasteiger partial charge in [0.1, 0.15) is 79.8 Å². The summed E-state index contributed by atoms with van der Waals surface area (Å²) >= 11 is 5.01. The maximum atomic E-state index is 13.9. The van der Waals surface area contributed by atoms with Gasteiger partial charge in [-0.3, -0.25) is 38.5 Å². The van der Waals surface area contributed by atoms with Crippen molar-refractivity contribution in [2.24, 2.45) is 0 Å². The molecule has 3 aliphatic rings. The van der Waals surface area contributed by atoms with Crippen molar-refractivity contribution in [2.75, 3.05) is 178 Å². The third kappa shape index (κ3) is 37.7. The van der Waals surface area contributed by atoms with Crippen molar-refractivity contribution in [2.45, 2.75) is 165 Å². The van der Waals surface area contributed by atoms with E-state index in [-0.39, 0.29) is 158 Å². The number of nitrogens with one attached hydrogen (secondary N) is 6. The lowest BCUT2D eigenvalue weighted by Crippen LogP contribution is -2.64. The molecule has 39 nitrogen and oxygen atoms in total. The van der Waals surface area contributed by atoms with Crippen molar-refractivity contribution in [3.63, 3.8) is 0 Å². The molecule has 41 heteroatoms. The molecular formula is C60H110N8O31PS-. The Morgan fingerprint density at radius 1 is 0.455 bits per heavy atom. The van der Waals surface area contributed by atoms with Crippen LogP contribution in [0.2, 0.25) is 0 Å². The minimum absolute atomic E-state index is 0.000795. The average molecular weight is 1500 g/mol. The number of amides is 7. The number of carbonyl (C=O) groups excluding carboxylic acids is 7. The van der Waals surface area contributed by atoms with E-state index in [1.807, 2.05) is 0 Å². The molecule has 101 heavy (non-hydrogen) atoms. The van der Waals surface area contributed by atoms with Crippen LogP contribution in [0, 0.1) is 0 Å². The minimum Gasteiger partial charge on any atom is -0.780 e. The molecule has 16 unspecified atom stereocenters. The van der Waals surface area contributed by atoms with E-state index in [9.17, 15) is 84.4 Å². The lowest BCUT2D eigenvalue weighted by Gasteiger charge is -2.42. The Hall–Kier alpha value is -4.06. The molecule has 15 N–H and O–H groups in total. The number of aliphatic hydroxyl groups excluding tert-OH is 9. The summed E-state index contributed by atoms with van der Waals surface area (Å²) in [4.78, 5) is 105. The number of hydrogen-bond acceptors (Lipinski definition) is 33. The summed E-state index contributed by atoms with van der Waals surface area (Å²) in [7, 11) is 0. The van der Waals surface area contributed by atoms with Crippen molar-refractivity contribution in [3.8, 4) is 0 Å². The molecule has 0 aromatic heterocycles. The molecule has 3 aliphatic heterocycles. The predicted octanol–water partition coefficient (Wildman–Crippen LogP) is -8.58. The third-order valence-corrected chi connectivity index (χ3v) is 16.7. The van der Waals surface area contributed by atoms with Gasteiger partial charge in [0.25, 0.3) is 0 Å². The molecular weight excluding hydrogens is 1390 g/mol. The second-order valence-electron chi connectivity index (χ2n) is 24.5. The van der Waals surface area contributed by atoms with E-state index in [1.165, 1.54) is 30.6 Å².